The van der Waals surface area contributed by atoms with E-state index in [2.05, 4.69) is 27.7 Å². The molecule has 0 radical (unpaired) electrons. The molecule has 2 aliphatic carbocycles. The van der Waals surface area contributed by atoms with Crippen LogP contribution in [0.5, 0.6) is 0 Å². The van der Waals surface area contributed by atoms with E-state index in [4.69, 9.17) is 4.74 Å². The molecule has 1 N–H and O–H groups in total. The molecule has 3 fully saturated rings. The summed E-state index contributed by atoms with van der Waals surface area (Å²) in [5, 5.41) is 10.9. The SMILES string of the molecule is CCCCCC1CC(O)C2C(C1)OC(C)(C)C1CCC(C)CC21. The van der Waals surface area contributed by atoms with Crippen molar-refractivity contribution in [2.24, 2.45) is 29.6 Å². The molecule has 3 rings (SSSR count). The van der Waals surface area contributed by atoms with E-state index in [1.807, 2.05) is 0 Å². The Balaban J connectivity index is 1.72. The van der Waals surface area contributed by atoms with Gasteiger partial charge in [0.1, 0.15) is 0 Å². The Hall–Kier alpha value is -0.0800. The Kier molecular flexibility index (Phi) is 5.43. The standard InChI is InChI=1S/C21H38O2/c1-5-6-7-8-15-12-18(22)20-16-11-14(2)9-10-17(16)21(3,4)23-19(20)13-15/h14-20,22H,5-13H2,1-4H3. The van der Waals surface area contributed by atoms with E-state index in [0.717, 1.165) is 12.3 Å². The highest BCUT2D eigenvalue weighted by atomic mass is 16.5. The molecule has 3 aliphatic rings. The number of aliphatic hydroxyl groups is 1. The topological polar surface area (TPSA) is 29.5 Å². The van der Waals surface area contributed by atoms with Crippen molar-refractivity contribution >= 4 is 0 Å². The van der Waals surface area contributed by atoms with Gasteiger partial charge in [-0.2, -0.15) is 0 Å². The molecule has 1 saturated heterocycles. The first-order valence-corrected chi connectivity index (χ1v) is 10.3. The van der Waals surface area contributed by atoms with Gasteiger partial charge in [-0.05, 0) is 63.2 Å². The second kappa shape index (κ2) is 7.04. The summed E-state index contributed by atoms with van der Waals surface area (Å²) >= 11 is 0. The van der Waals surface area contributed by atoms with Crippen LogP contribution in [-0.4, -0.2) is 22.9 Å². The molecule has 2 heteroatoms. The van der Waals surface area contributed by atoms with E-state index >= 15 is 0 Å². The van der Waals surface area contributed by atoms with Crippen LogP contribution in [0.2, 0.25) is 0 Å². The minimum absolute atomic E-state index is 0.00297. The summed E-state index contributed by atoms with van der Waals surface area (Å²) in [5.74, 6) is 3.22. The first-order valence-electron chi connectivity index (χ1n) is 10.3. The highest BCUT2D eigenvalue weighted by molar-refractivity contribution is 5.03. The number of hydrogen-bond acceptors (Lipinski definition) is 2. The van der Waals surface area contributed by atoms with Crippen LogP contribution in [0.1, 0.15) is 85.5 Å². The van der Waals surface area contributed by atoms with E-state index in [0.29, 0.717) is 29.8 Å². The molecule has 0 aromatic carbocycles. The maximum absolute atomic E-state index is 10.9. The van der Waals surface area contributed by atoms with E-state index in [1.165, 1.54) is 51.4 Å². The van der Waals surface area contributed by atoms with Gasteiger partial charge in [0.05, 0.1) is 17.8 Å². The van der Waals surface area contributed by atoms with Crippen LogP contribution in [-0.2, 0) is 4.74 Å². The number of fused-ring (bicyclic) bond motifs is 3. The molecular formula is C21H38O2. The third-order valence-electron chi connectivity index (χ3n) is 7.23. The lowest BCUT2D eigenvalue weighted by Crippen LogP contribution is -2.59. The van der Waals surface area contributed by atoms with Crippen molar-refractivity contribution in [3.63, 3.8) is 0 Å². The number of rotatable bonds is 4. The number of unbranched alkanes of at least 4 members (excludes halogenated alkanes) is 2. The maximum atomic E-state index is 10.9. The Morgan fingerprint density at radius 2 is 1.87 bits per heavy atom. The summed E-state index contributed by atoms with van der Waals surface area (Å²) in [6.45, 7) is 9.28. The molecule has 1 heterocycles. The zero-order chi connectivity index (χ0) is 16.6. The lowest BCUT2D eigenvalue weighted by Gasteiger charge is -2.58. The van der Waals surface area contributed by atoms with Crippen LogP contribution in [0, 0.1) is 29.6 Å². The fraction of sp³-hybridized carbons (Fsp3) is 1.00. The van der Waals surface area contributed by atoms with Crippen molar-refractivity contribution in [2.75, 3.05) is 0 Å². The van der Waals surface area contributed by atoms with Gasteiger partial charge in [0.2, 0.25) is 0 Å². The van der Waals surface area contributed by atoms with Crippen molar-refractivity contribution in [3.05, 3.63) is 0 Å². The number of hydrogen-bond donors (Lipinski definition) is 1. The Bertz CT molecular complexity index is 391. The zero-order valence-corrected chi connectivity index (χ0v) is 15.8. The van der Waals surface area contributed by atoms with Gasteiger partial charge < -0.3 is 9.84 Å². The third-order valence-corrected chi connectivity index (χ3v) is 7.23. The second-order valence-corrected chi connectivity index (χ2v) is 9.43. The fourth-order valence-electron chi connectivity index (χ4n) is 6.13. The third kappa shape index (κ3) is 3.63. The lowest BCUT2D eigenvalue weighted by atomic mass is 9.57. The minimum Gasteiger partial charge on any atom is -0.393 e. The number of aliphatic hydroxyl groups excluding tert-OH is 1. The summed E-state index contributed by atoms with van der Waals surface area (Å²) < 4.78 is 6.63. The van der Waals surface area contributed by atoms with Crippen LogP contribution in [0.25, 0.3) is 0 Å². The Morgan fingerprint density at radius 3 is 2.61 bits per heavy atom. The fourth-order valence-corrected chi connectivity index (χ4v) is 6.13. The summed E-state index contributed by atoms with van der Waals surface area (Å²) in [6, 6.07) is 0. The summed E-state index contributed by atoms with van der Waals surface area (Å²) in [7, 11) is 0. The highest BCUT2D eigenvalue weighted by Crippen LogP contribution is 2.54. The second-order valence-electron chi connectivity index (χ2n) is 9.43. The summed E-state index contributed by atoms with van der Waals surface area (Å²) in [4.78, 5) is 0. The molecule has 23 heavy (non-hydrogen) atoms. The molecule has 0 bridgehead atoms. The summed E-state index contributed by atoms with van der Waals surface area (Å²) in [6.07, 6.45) is 11.5. The van der Waals surface area contributed by atoms with Crippen LogP contribution < -0.4 is 0 Å². The van der Waals surface area contributed by atoms with E-state index in [1.54, 1.807) is 0 Å². The largest absolute Gasteiger partial charge is 0.393 e. The van der Waals surface area contributed by atoms with Crippen molar-refractivity contribution in [1.82, 2.24) is 0 Å². The predicted molar refractivity (Wildman–Crippen MR) is 95.3 cm³/mol. The maximum Gasteiger partial charge on any atom is 0.0661 e. The van der Waals surface area contributed by atoms with Gasteiger partial charge in [-0.15, -0.1) is 0 Å². The monoisotopic (exact) mass is 322 g/mol. The van der Waals surface area contributed by atoms with Gasteiger partial charge in [-0.3, -0.25) is 0 Å². The highest BCUT2D eigenvalue weighted by Gasteiger charge is 2.54. The average Bonchev–Trinajstić information content (AvgIpc) is 2.46. The quantitative estimate of drug-likeness (QED) is 0.722. The molecular weight excluding hydrogens is 284 g/mol. The molecule has 1 aliphatic heterocycles. The van der Waals surface area contributed by atoms with Gasteiger partial charge in [0.25, 0.3) is 0 Å². The van der Waals surface area contributed by atoms with Crippen LogP contribution >= 0.6 is 0 Å². The van der Waals surface area contributed by atoms with Gasteiger partial charge in [0, 0.05) is 5.92 Å². The molecule has 0 aromatic heterocycles. The van der Waals surface area contributed by atoms with Crippen LogP contribution in [0.4, 0.5) is 0 Å². The van der Waals surface area contributed by atoms with Crippen molar-refractivity contribution in [2.45, 2.75) is 103 Å². The van der Waals surface area contributed by atoms with Crippen molar-refractivity contribution in [3.8, 4) is 0 Å². The predicted octanol–water partition coefficient (Wildman–Crippen LogP) is 5.18. The number of ether oxygens (including phenoxy) is 1. The molecule has 134 valence electrons. The molecule has 0 amide bonds. The normalized spacial score (nSPS) is 46.0. The first-order chi connectivity index (χ1) is 10.9. The molecule has 7 atom stereocenters. The van der Waals surface area contributed by atoms with E-state index < -0.39 is 0 Å². The molecule has 2 saturated carbocycles. The molecule has 7 unspecified atom stereocenters. The van der Waals surface area contributed by atoms with Crippen molar-refractivity contribution in [1.29, 1.82) is 0 Å². The van der Waals surface area contributed by atoms with Gasteiger partial charge in [-0.25, -0.2) is 0 Å². The van der Waals surface area contributed by atoms with Gasteiger partial charge >= 0.3 is 0 Å². The van der Waals surface area contributed by atoms with Crippen LogP contribution in [0.3, 0.4) is 0 Å². The molecule has 0 aromatic rings. The van der Waals surface area contributed by atoms with Crippen molar-refractivity contribution < 1.29 is 9.84 Å². The average molecular weight is 323 g/mol. The lowest BCUT2D eigenvalue weighted by molar-refractivity contribution is -0.242. The Morgan fingerprint density at radius 1 is 1.09 bits per heavy atom. The minimum atomic E-state index is -0.130. The Labute approximate surface area is 143 Å². The van der Waals surface area contributed by atoms with Gasteiger partial charge in [-0.1, -0.05) is 46.0 Å². The molecule has 2 nitrogen and oxygen atoms in total. The van der Waals surface area contributed by atoms with E-state index in [9.17, 15) is 5.11 Å². The summed E-state index contributed by atoms with van der Waals surface area (Å²) in [5.41, 5.74) is -0.00297. The van der Waals surface area contributed by atoms with Crippen LogP contribution in [0.15, 0.2) is 0 Å². The zero-order valence-electron chi connectivity index (χ0n) is 15.8. The smallest absolute Gasteiger partial charge is 0.0661 e. The molecule has 0 spiro atoms. The first kappa shape index (κ1) is 17.7. The van der Waals surface area contributed by atoms with Gasteiger partial charge in [0.15, 0.2) is 0 Å². The van der Waals surface area contributed by atoms with E-state index in [-0.39, 0.29) is 11.7 Å².